The number of hydrogen-bond acceptors (Lipinski definition) is 2. The zero-order valence-electron chi connectivity index (χ0n) is 9.02. The van der Waals surface area contributed by atoms with Gasteiger partial charge in [0.2, 0.25) is 10.0 Å². The number of unbranched alkanes of at least 4 members (excludes halogenated alkanes) is 2. The first-order chi connectivity index (χ1) is 7.67. The molecular weight excluding hydrogens is 290 g/mol. The number of benzene rings is 1. The van der Waals surface area contributed by atoms with E-state index >= 15 is 0 Å². The number of hydrogen-bond donors (Lipinski definition) is 1. The standard InChI is InChI=1S/C11H16BrNO2S/c12-9-5-2-6-10-13-16(14,15)11-7-3-1-4-8-11/h1,3-4,7-8,13H,2,5-6,9-10H2. The van der Waals surface area contributed by atoms with Crippen molar-refractivity contribution in [3.8, 4) is 0 Å². The summed E-state index contributed by atoms with van der Waals surface area (Å²) in [4.78, 5) is 0.329. The van der Waals surface area contributed by atoms with Crippen LogP contribution in [0.25, 0.3) is 0 Å². The van der Waals surface area contributed by atoms with Gasteiger partial charge in [0.1, 0.15) is 0 Å². The van der Waals surface area contributed by atoms with Gasteiger partial charge in [0.05, 0.1) is 4.90 Å². The number of nitrogens with one attached hydrogen (secondary N) is 1. The Balaban J connectivity index is 2.41. The average molecular weight is 306 g/mol. The van der Waals surface area contributed by atoms with Crippen LogP contribution in [0.4, 0.5) is 0 Å². The van der Waals surface area contributed by atoms with Crippen LogP contribution in [0.5, 0.6) is 0 Å². The Morgan fingerprint density at radius 3 is 2.38 bits per heavy atom. The first kappa shape index (κ1) is 13.7. The first-order valence-electron chi connectivity index (χ1n) is 5.27. The van der Waals surface area contributed by atoms with Gasteiger partial charge < -0.3 is 0 Å². The number of sulfonamides is 1. The van der Waals surface area contributed by atoms with Gasteiger partial charge in [0.25, 0.3) is 0 Å². The summed E-state index contributed by atoms with van der Waals surface area (Å²) in [7, 11) is -3.31. The van der Waals surface area contributed by atoms with Crippen LogP contribution in [0.2, 0.25) is 0 Å². The molecule has 0 spiro atoms. The molecule has 1 N–H and O–H groups in total. The van der Waals surface area contributed by atoms with Gasteiger partial charge in [0, 0.05) is 11.9 Å². The van der Waals surface area contributed by atoms with Crippen molar-refractivity contribution in [2.75, 3.05) is 11.9 Å². The Kier molecular flexibility index (Phi) is 6.01. The van der Waals surface area contributed by atoms with Gasteiger partial charge >= 0.3 is 0 Å². The zero-order valence-corrected chi connectivity index (χ0v) is 11.4. The molecule has 0 heterocycles. The molecule has 0 amide bonds. The van der Waals surface area contributed by atoms with Crippen molar-refractivity contribution in [3.63, 3.8) is 0 Å². The maximum Gasteiger partial charge on any atom is 0.240 e. The summed E-state index contributed by atoms with van der Waals surface area (Å²) >= 11 is 3.34. The zero-order chi connectivity index (χ0) is 11.9. The third kappa shape index (κ3) is 4.63. The molecule has 0 bridgehead atoms. The smallest absolute Gasteiger partial charge is 0.211 e. The SMILES string of the molecule is O=S(=O)(NCCCCCBr)c1ccccc1. The van der Waals surface area contributed by atoms with Crippen molar-refractivity contribution < 1.29 is 8.42 Å². The highest BCUT2D eigenvalue weighted by molar-refractivity contribution is 9.09. The molecule has 0 saturated carbocycles. The summed E-state index contributed by atoms with van der Waals surface area (Å²) in [5, 5.41) is 0.971. The van der Waals surface area contributed by atoms with Crippen LogP contribution < -0.4 is 4.72 Å². The van der Waals surface area contributed by atoms with E-state index in [9.17, 15) is 8.42 Å². The van der Waals surface area contributed by atoms with E-state index in [1.807, 2.05) is 0 Å². The van der Waals surface area contributed by atoms with E-state index in [4.69, 9.17) is 0 Å². The Hall–Kier alpha value is -0.390. The van der Waals surface area contributed by atoms with E-state index in [0.29, 0.717) is 11.4 Å². The summed E-state index contributed by atoms with van der Waals surface area (Å²) in [6, 6.07) is 8.44. The summed E-state index contributed by atoms with van der Waals surface area (Å²) in [6.45, 7) is 0.504. The second-order valence-corrected chi connectivity index (χ2v) is 6.02. The van der Waals surface area contributed by atoms with Gasteiger partial charge in [-0.05, 0) is 25.0 Å². The van der Waals surface area contributed by atoms with E-state index in [2.05, 4.69) is 20.7 Å². The third-order valence-electron chi connectivity index (χ3n) is 2.16. The molecular formula is C11H16BrNO2S. The largest absolute Gasteiger partial charge is 0.240 e. The monoisotopic (exact) mass is 305 g/mol. The Labute approximate surface area is 105 Å². The van der Waals surface area contributed by atoms with Crippen LogP contribution in [-0.4, -0.2) is 20.3 Å². The molecule has 0 saturated heterocycles. The molecule has 0 aliphatic carbocycles. The summed E-state index contributed by atoms with van der Waals surface area (Å²) < 4.78 is 26.1. The normalized spacial score (nSPS) is 11.6. The maximum atomic E-state index is 11.7. The van der Waals surface area contributed by atoms with Gasteiger partial charge in [-0.2, -0.15) is 0 Å². The summed E-state index contributed by atoms with van der Waals surface area (Å²) in [6.07, 6.45) is 2.98. The molecule has 90 valence electrons. The fourth-order valence-corrected chi connectivity index (χ4v) is 2.78. The number of halogens is 1. The van der Waals surface area contributed by atoms with Crippen LogP contribution >= 0.6 is 15.9 Å². The molecule has 0 fully saturated rings. The molecule has 1 aromatic rings. The van der Waals surface area contributed by atoms with Crippen molar-refractivity contribution in [2.45, 2.75) is 24.2 Å². The lowest BCUT2D eigenvalue weighted by Gasteiger charge is -2.05. The Morgan fingerprint density at radius 2 is 1.75 bits per heavy atom. The van der Waals surface area contributed by atoms with Crippen molar-refractivity contribution in [3.05, 3.63) is 30.3 Å². The molecule has 0 aliphatic rings. The molecule has 1 rings (SSSR count). The van der Waals surface area contributed by atoms with Crippen molar-refractivity contribution in [1.29, 1.82) is 0 Å². The maximum absolute atomic E-state index is 11.7. The predicted molar refractivity (Wildman–Crippen MR) is 69.3 cm³/mol. The van der Waals surface area contributed by atoms with Crippen molar-refractivity contribution in [2.24, 2.45) is 0 Å². The minimum absolute atomic E-state index is 0.329. The van der Waals surface area contributed by atoms with Crippen molar-refractivity contribution in [1.82, 2.24) is 4.72 Å². The molecule has 0 unspecified atom stereocenters. The Bertz CT molecular complexity index is 392. The lowest BCUT2D eigenvalue weighted by Crippen LogP contribution is -2.24. The van der Waals surface area contributed by atoms with Gasteiger partial charge in [-0.25, -0.2) is 13.1 Å². The van der Waals surface area contributed by atoms with Crippen LogP contribution in [0.3, 0.4) is 0 Å². The van der Waals surface area contributed by atoms with Crippen molar-refractivity contribution >= 4 is 26.0 Å². The summed E-state index contributed by atoms with van der Waals surface area (Å²) in [5.41, 5.74) is 0. The molecule has 0 radical (unpaired) electrons. The molecule has 0 aliphatic heterocycles. The predicted octanol–water partition coefficient (Wildman–Crippen LogP) is 2.53. The second-order valence-electron chi connectivity index (χ2n) is 3.46. The summed E-state index contributed by atoms with van der Waals surface area (Å²) in [5.74, 6) is 0. The lowest BCUT2D eigenvalue weighted by atomic mass is 10.3. The molecule has 0 aromatic heterocycles. The van der Waals surface area contributed by atoms with E-state index in [1.54, 1.807) is 30.3 Å². The molecule has 0 atom stereocenters. The number of alkyl halides is 1. The highest BCUT2D eigenvalue weighted by atomic mass is 79.9. The Morgan fingerprint density at radius 1 is 1.06 bits per heavy atom. The topological polar surface area (TPSA) is 46.2 Å². The highest BCUT2D eigenvalue weighted by Gasteiger charge is 2.11. The van der Waals surface area contributed by atoms with E-state index < -0.39 is 10.0 Å². The van der Waals surface area contributed by atoms with E-state index in [1.165, 1.54) is 0 Å². The van der Waals surface area contributed by atoms with Gasteiger partial charge in [-0.15, -0.1) is 0 Å². The van der Waals surface area contributed by atoms with Crippen LogP contribution in [-0.2, 0) is 10.0 Å². The lowest BCUT2D eigenvalue weighted by molar-refractivity contribution is 0.576. The molecule has 16 heavy (non-hydrogen) atoms. The van der Waals surface area contributed by atoms with Crippen LogP contribution in [0, 0.1) is 0 Å². The molecule has 5 heteroatoms. The average Bonchev–Trinajstić information content (AvgIpc) is 2.30. The van der Waals surface area contributed by atoms with Crippen LogP contribution in [0.15, 0.2) is 35.2 Å². The third-order valence-corrected chi connectivity index (χ3v) is 4.19. The highest BCUT2D eigenvalue weighted by Crippen LogP contribution is 2.07. The minimum atomic E-state index is -3.31. The van der Waals surface area contributed by atoms with Crippen LogP contribution in [0.1, 0.15) is 19.3 Å². The molecule has 1 aromatic carbocycles. The van der Waals surface area contributed by atoms with Gasteiger partial charge in [-0.1, -0.05) is 40.5 Å². The van der Waals surface area contributed by atoms with Gasteiger partial charge in [-0.3, -0.25) is 0 Å². The number of rotatable bonds is 7. The quantitative estimate of drug-likeness (QED) is 0.621. The fraction of sp³-hybridized carbons (Fsp3) is 0.455. The van der Waals surface area contributed by atoms with E-state index in [-0.39, 0.29) is 0 Å². The second kappa shape index (κ2) is 7.04. The van der Waals surface area contributed by atoms with Gasteiger partial charge in [0.15, 0.2) is 0 Å². The fourth-order valence-electron chi connectivity index (χ4n) is 1.29. The molecule has 3 nitrogen and oxygen atoms in total. The first-order valence-corrected chi connectivity index (χ1v) is 7.88. The minimum Gasteiger partial charge on any atom is -0.211 e. The van der Waals surface area contributed by atoms with E-state index in [0.717, 1.165) is 24.6 Å².